The van der Waals surface area contributed by atoms with E-state index < -0.39 is 0 Å². The van der Waals surface area contributed by atoms with Crippen molar-refractivity contribution in [3.05, 3.63) is 0 Å². The Morgan fingerprint density at radius 2 is 2.07 bits per heavy atom. The van der Waals surface area contributed by atoms with Crippen LogP contribution in [0.3, 0.4) is 0 Å². The van der Waals surface area contributed by atoms with Crippen LogP contribution in [0.25, 0.3) is 0 Å². The second-order valence-corrected chi connectivity index (χ2v) is 5.28. The molecule has 0 amide bonds. The van der Waals surface area contributed by atoms with Crippen LogP contribution in [-0.4, -0.2) is 12.1 Å². The van der Waals surface area contributed by atoms with Crippen LogP contribution < -0.4 is 0 Å². The molecule has 80 valence electrons. The first-order valence-electron chi connectivity index (χ1n) is 5.79. The zero-order valence-electron chi connectivity index (χ0n) is 9.32. The van der Waals surface area contributed by atoms with Gasteiger partial charge in [0.1, 0.15) is 6.10 Å². The number of rotatable bonds is 1. The van der Waals surface area contributed by atoms with E-state index in [1.54, 1.807) is 0 Å². The molecule has 2 rings (SSSR count). The first kappa shape index (κ1) is 10.0. The Labute approximate surface area is 86.0 Å². The van der Waals surface area contributed by atoms with Gasteiger partial charge in [-0.2, -0.15) is 0 Å². The van der Waals surface area contributed by atoms with Gasteiger partial charge in [0.05, 0.1) is 6.42 Å². The Bertz CT molecular complexity index is 234. The molecule has 2 aliphatic rings. The van der Waals surface area contributed by atoms with E-state index in [2.05, 4.69) is 20.8 Å². The van der Waals surface area contributed by atoms with Gasteiger partial charge >= 0.3 is 5.97 Å². The summed E-state index contributed by atoms with van der Waals surface area (Å²) in [5.74, 6) is 2.44. The molecule has 1 aliphatic carbocycles. The lowest BCUT2D eigenvalue weighted by atomic mass is 9.69. The Morgan fingerprint density at radius 1 is 1.36 bits per heavy atom. The van der Waals surface area contributed by atoms with Crippen LogP contribution in [0.15, 0.2) is 0 Å². The third-order valence-electron chi connectivity index (χ3n) is 4.06. The topological polar surface area (TPSA) is 26.3 Å². The van der Waals surface area contributed by atoms with Gasteiger partial charge in [-0.15, -0.1) is 0 Å². The third-order valence-corrected chi connectivity index (χ3v) is 4.06. The van der Waals surface area contributed by atoms with Crippen molar-refractivity contribution in [3.8, 4) is 0 Å². The van der Waals surface area contributed by atoms with Crippen molar-refractivity contribution in [2.75, 3.05) is 0 Å². The number of hydrogen-bond acceptors (Lipinski definition) is 2. The summed E-state index contributed by atoms with van der Waals surface area (Å²) in [6.07, 6.45) is 3.38. The predicted octanol–water partition coefficient (Wildman–Crippen LogP) is 2.62. The average Bonchev–Trinajstić information content (AvgIpc) is 2.47. The second kappa shape index (κ2) is 3.56. The van der Waals surface area contributed by atoms with Gasteiger partial charge in [-0.05, 0) is 30.6 Å². The van der Waals surface area contributed by atoms with Gasteiger partial charge in [-0.1, -0.05) is 20.8 Å². The Morgan fingerprint density at radius 3 is 2.71 bits per heavy atom. The molecule has 1 aliphatic heterocycles. The fraction of sp³-hybridized carbons (Fsp3) is 0.917. The quantitative estimate of drug-likeness (QED) is 0.603. The Kier molecular flexibility index (Phi) is 2.54. The van der Waals surface area contributed by atoms with Gasteiger partial charge in [-0.25, -0.2) is 0 Å². The summed E-state index contributed by atoms with van der Waals surface area (Å²) < 4.78 is 5.47. The van der Waals surface area contributed by atoms with Crippen LogP contribution in [0.1, 0.15) is 40.0 Å². The molecule has 1 saturated heterocycles. The zero-order chi connectivity index (χ0) is 10.3. The number of ether oxygens (including phenoxy) is 1. The lowest BCUT2D eigenvalue weighted by Gasteiger charge is -2.38. The minimum absolute atomic E-state index is 0.0272. The maximum absolute atomic E-state index is 11.3. The summed E-state index contributed by atoms with van der Waals surface area (Å²) in [5.41, 5.74) is 0. The third kappa shape index (κ3) is 1.55. The molecular weight excluding hydrogens is 176 g/mol. The number of fused-ring (bicyclic) bond motifs is 1. The van der Waals surface area contributed by atoms with Crippen molar-refractivity contribution in [2.45, 2.75) is 46.1 Å². The highest BCUT2D eigenvalue weighted by Gasteiger charge is 2.46. The van der Waals surface area contributed by atoms with E-state index in [1.807, 2.05) is 0 Å². The molecule has 1 unspecified atom stereocenters. The predicted molar refractivity (Wildman–Crippen MR) is 54.7 cm³/mol. The van der Waals surface area contributed by atoms with Crippen molar-refractivity contribution in [1.29, 1.82) is 0 Å². The molecule has 1 saturated carbocycles. The van der Waals surface area contributed by atoms with E-state index >= 15 is 0 Å². The molecule has 0 N–H and O–H groups in total. The second-order valence-electron chi connectivity index (χ2n) is 5.28. The molecule has 2 nitrogen and oxygen atoms in total. The summed E-state index contributed by atoms with van der Waals surface area (Å²) in [6.45, 7) is 6.74. The normalized spacial score (nSPS) is 42.4. The van der Waals surface area contributed by atoms with Gasteiger partial charge in [0.15, 0.2) is 0 Å². The fourth-order valence-electron chi connectivity index (χ4n) is 3.07. The molecule has 2 heteroatoms. The minimum Gasteiger partial charge on any atom is -0.462 e. The zero-order valence-corrected chi connectivity index (χ0v) is 9.32. The molecule has 0 aromatic heterocycles. The Hall–Kier alpha value is -0.530. The lowest BCUT2D eigenvalue weighted by Crippen LogP contribution is -2.37. The lowest BCUT2D eigenvalue weighted by molar-refractivity contribution is -0.145. The van der Waals surface area contributed by atoms with Gasteiger partial charge in [0.2, 0.25) is 0 Å². The van der Waals surface area contributed by atoms with E-state index in [9.17, 15) is 4.79 Å². The van der Waals surface area contributed by atoms with Crippen molar-refractivity contribution >= 4 is 5.97 Å². The molecule has 4 atom stereocenters. The fourth-order valence-corrected chi connectivity index (χ4v) is 3.07. The summed E-state index contributed by atoms with van der Waals surface area (Å²) in [6, 6.07) is 0. The highest BCUT2D eigenvalue weighted by molar-refractivity contribution is 5.72. The number of hydrogen-bond donors (Lipinski definition) is 0. The van der Waals surface area contributed by atoms with E-state index in [0.29, 0.717) is 30.1 Å². The van der Waals surface area contributed by atoms with E-state index in [0.717, 1.165) is 0 Å². The van der Waals surface area contributed by atoms with Crippen LogP contribution in [0.5, 0.6) is 0 Å². The van der Waals surface area contributed by atoms with Crippen molar-refractivity contribution < 1.29 is 9.53 Å². The SMILES string of the molecule is CC(C)[C@H]1CC[C@H](C)[C@H]2CC(=O)OC12. The monoisotopic (exact) mass is 196 g/mol. The first-order valence-corrected chi connectivity index (χ1v) is 5.79. The van der Waals surface area contributed by atoms with E-state index in [-0.39, 0.29) is 12.1 Å². The van der Waals surface area contributed by atoms with Crippen LogP contribution in [0, 0.1) is 23.7 Å². The van der Waals surface area contributed by atoms with Gasteiger partial charge in [-0.3, -0.25) is 4.79 Å². The maximum Gasteiger partial charge on any atom is 0.306 e. The first-order chi connectivity index (χ1) is 6.59. The van der Waals surface area contributed by atoms with Crippen molar-refractivity contribution in [3.63, 3.8) is 0 Å². The molecule has 2 fully saturated rings. The van der Waals surface area contributed by atoms with Crippen molar-refractivity contribution in [2.24, 2.45) is 23.7 Å². The largest absolute Gasteiger partial charge is 0.462 e. The number of carbonyl (C=O) groups excluding carboxylic acids is 1. The molecule has 0 spiro atoms. The average molecular weight is 196 g/mol. The molecule has 0 radical (unpaired) electrons. The smallest absolute Gasteiger partial charge is 0.306 e. The van der Waals surface area contributed by atoms with E-state index in [4.69, 9.17) is 4.74 Å². The van der Waals surface area contributed by atoms with Crippen LogP contribution in [0.2, 0.25) is 0 Å². The van der Waals surface area contributed by atoms with Gasteiger partial charge in [0.25, 0.3) is 0 Å². The highest BCUT2D eigenvalue weighted by Crippen LogP contribution is 2.44. The van der Waals surface area contributed by atoms with Crippen LogP contribution in [-0.2, 0) is 9.53 Å². The summed E-state index contributed by atoms with van der Waals surface area (Å²) in [7, 11) is 0. The maximum atomic E-state index is 11.3. The summed E-state index contributed by atoms with van der Waals surface area (Å²) in [4.78, 5) is 11.3. The number of esters is 1. The summed E-state index contributed by atoms with van der Waals surface area (Å²) >= 11 is 0. The van der Waals surface area contributed by atoms with E-state index in [1.165, 1.54) is 12.8 Å². The molecule has 14 heavy (non-hydrogen) atoms. The molecule has 0 bridgehead atoms. The van der Waals surface area contributed by atoms with Crippen LogP contribution in [0.4, 0.5) is 0 Å². The number of carbonyl (C=O) groups is 1. The molecular formula is C12H20O2. The minimum atomic E-state index is 0.0272. The standard InChI is InChI=1S/C12H20O2/c1-7(2)9-5-4-8(3)10-6-11(13)14-12(9)10/h7-10,12H,4-6H2,1-3H3/t8-,9+,10+,12?/m0/s1. The van der Waals surface area contributed by atoms with Crippen LogP contribution >= 0.6 is 0 Å². The molecule has 0 aromatic carbocycles. The molecule has 1 heterocycles. The van der Waals surface area contributed by atoms with Crippen molar-refractivity contribution in [1.82, 2.24) is 0 Å². The van der Waals surface area contributed by atoms with Gasteiger partial charge in [0, 0.05) is 5.92 Å². The highest BCUT2D eigenvalue weighted by atomic mass is 16.6. The van der Waals surface area contributed by atoms with Gasteiger partial charge < -0.3 is 4.74 Å². The molecule has 0 aromatic rings. The Balaban J connectivity index is 2.14. The summed E-state index contributed by atoms with van der Waals surface area (Å²) in [5, 5.41) is 0.